The van der Waals surface area contributed by atoms with Crippen LogP contribution in [0.15, 0.2) is 54.3 Å². The van der Waals surface area contributed by atoms with Crippen molar-refractivity contribution in [1.82, 2.24) is 4.90 Å². The van der Waals surface area contributed by atoms with Gasteiger partial charge in [-0.3, -0.25) is 9.69 Å². The average Bonchev–Trinajstić information content (AvgIpc) is 3.16. The normalized spacial score (nSPS) is 16.0. The van der Waals surface area contributed by atoms with Crippen LogP contribution in [-0.2, 0) is 13.1 Å². The molecule has 2 heterocycles. The molecule has 174 valence electrons. The minimum Gasteiger partial charge on any atom is -0.497 e. The number of hydrogen-bond acceptors (Lipinski definition) is 6. The van der Waals surface area contributed by atoms with Crippen LogP contribution in [0.3, 0.4) is 0 Å². The van der Waals surface area contributed by atoms with Crippen molar-refractivity contribution in [2.24, 2.45) is 0 Å². The monoisotopic (exact) mass is 497 g/mol. The van der Waals surface area contributed by atoms with Gasteiger partial charge in [-0.15, -0.1) is 0 Å². The van der Waals surface area contributed by atoms with Gasteiger partial charge in [-0.1, -0.05) is 29.3 Å². The van der Waals surface area contributed by atoms with Gasteiger partial charge in [-0.2, -0.15) is 0 Å². The van der Waals surface area contributed by atoms with Crippen molar-refractivity contribution in [3.05, 3.63) is 86.6 Å². The number of benzene rings is 3. The number of fused-ring (bicyclic) bond motifs is 3. The summed E-state index contributed by atoms with van der Waals surface area (Å²) in [5.74, 6) is 2.50. The van der Waals surface area contributed by atoms with Crippen LogP contribution in [0.4, 0.5) is 0 Å². The SMILES string of the molecule is COc1ccc(/C=C2\Oc3c(ccc4c3CN(Cc3ccc(Cl)cc3Cl)CO4)C2=O)c(OC)c1. The van der Waals surface area contributed by atoms with Gasteiger partial charge in [0.25, 0.3) is 0 Å². The third-order valence-corrected chi connectivity index (χ3v) is 6.41. The van der Waals surface area contributed by atoms with Crippen molar-refractivity contribution >= 4 is 35.1 Å². The maximum absolute atomic E-state index is 13.1. The standard InChI is InChI=1S/C26H21Cl2NO5/c1-31-18-6-4-15(23(11-18)32-2)9-24-25(30)19-7-8-22-20(26(19)34-24)13-29(14-33-22)12-16-3-5-17(27)10-21(16)28/h3-11H,12-14H2,1-2H3/b24-9-. The zero-order chi connectivity index (χ0) is 23.8. The van der Waals surface area contributed by atoms with Gasteiger partial charge in [0.15, 0.2) is 5.76 Å². The second kappa shape index (κ2) is 9.22. The summed E-state index contributed by atoms with van der Waals surface area (Å²) in [6.07, 6.45) is 1.68. The third-order valence-electron chi connectivity index (χ3n) is 5.82. The number of hydrogen-bond donors (Lipinski definition) is 0. The minimum atomic E-state index is -0.187. The lowest BCUT2D eigenvalue weighted by molar-refractivity contribution is 0.0873. The predicted molar refractivity (Wildman–Crippen MR) is 130 cm³/mol. The van der Waals surface area contributed by atoms with Crippen LogP contribution in [0.1, 0.15) is 27.0 Å². The number of rotatable bonds is 5. The van der Waals surface area contributed by atoms with Crippen LogP contribution in [0.2, 0.25) is 10.0 Å². The number of ether oxygens (including phenoxy) is 4. The Morgan fingerprint density at radius 3 is 2.68 bits per heavy atom. The van der Waals surface area contributed by atoms with E-state index in [1.54, 1.807) is 44.6 Å². The Morgan fingerprint density at radius 1 is 1.06 bits per heavy atom. The zero-order valence-corrected chi connectivity index (χ0v) is 20.1. The fourth-order valence-corrected chi connectivity index (χ4v) is 4.54. The quantitative estimate of drug-likeness (QED) is 0.404. The first-order valence-corrected chi connectivity index (χ1v) is 11.3. The van der Waals surface area contributed by atoms with Crippen molar-refractivity contribution in [1.29, 1.82) is 0 Å². The van der Waals surface area contributed by atoms with E-state index >= 15 is 0 Å². The van der Waals surface area contributed by atoms with E-state index in [2.05, 4.69) is 4.90 Å². The van der Waals surface area contributed by atoms with Gasteiger partial charge in [0.1, 0.15) is 29.7 Å². The predicted octanol–water partition coefficient (Wildman–Crippen LogP) is 5.98. The van der Waals surface area contributed by atoms with Crippen molar-refractivity contribution in [3.8, 4) is 23.0 Å². The Hall–Kier alpha value is -3.19. The molecule has 0 fully saturated rings. The smallest absolute Gasteiger partial charge is 0.231 e. The number of halogens is 2. The van der Waals surface area contributed by atoms with Crippen molar-refractivity contribution < 1.29 is 23.7 Å². The Balaban J connectivity index is 1.43. The van der Waals surface area contributed by atoms with Crippen LogP contribution in [-0.4, -0.2) is 31.6 Å². The van der Waals surface area contributed by atoms with Crippen molar-refractivity contribution in [2.75, 3.05) is 21.0 Å². The van der Waals surface area contributed by atoms with Crippen LogP contribution in [0.5, 0.6) is 23.0 Å². The van der Waals surface area contributed by atoms with E-state index in [1.165, 1.54) is 0 Å². The molecule has 0 N–H and O–H groups in total. The highest BCUT2D eigenvalue weighted by Gasteiger charge is 2.34. The summed E-state index contributed by atoms with van der Waals surface area (Å²) in [4.78, 5) is 15.2. The van der Waals surface area contributed by atoms with Gasteiger partial charge in [-0.05, 0) is 48.0 Å². The highest BCUT2D eigenvalue weighted by atomic mass is 35.5. The molecule has 0 spiro atoms. The molecule has 3 aromatic carbocycles. The Bertz CT molecular complexity index is 1320. The molecule has 0 atom stereocenters. The Kier molecular flexibility index (Phi) is 6.13. The number of ketones is 1. The molecule has 6 nitrogen and oxygen atoms in total. The van der Waals surface area contributed by atoms with Gasteiger partial charge in [0.2, 0.25) is 5.78 Å². The molecule has 0 aliphatic carbocycles. The molecule has 0 amide bonds. The first-order chi connectivity index (χ1) is 16.5. The largest absolute Gasteiger partial charge is 0.497 e. The van der Waals surface area contributed by atoms with E-state index in [0.717, 1.165) is 11.1 Å². The molecule has 0 unspecified atom stereocenters. The number of Topliss-reactive ketones (excluding diaryl/α,β-unsaturated/α-hetero) is 1. The third kappa shape index (κ3) is 4.20. The molecular formula is C26H21Cl2NO5. The van der Waals surface area contributed by atoms with Crippen LogP contribution in [0.25, 0.3) is 6.08 Å². The van der Waals surface area contributed by atoms with Crippen molar-refractivity contribution in [3.63, 3.8) is 0 Å². The van der Waals surface area contributed by atoms with E-state index in [0.29, 0.717) is 64.0 Å². The van der Waals surface area contributed by atoms with Gasteiger partial charge in [0, 0.05) is 34.8 Å². The van der Waals surface area contributed by atoms with Crippen LogP contribution >= 0.6 is 23.2 Å². The maximum Gasteiger partial charge on any atom is 0.231 e. The Morgan fingerprint density at radius 2 is 1.91 bits per heavy atom. The molecular weight excluding hydrogens is 477 g/mol. The van der Waals surface area contributed by atoms with E-state index in [4.69, 9.17) is 42.1 Å². The highest BCUT2D eigenvalue weighted by Crippen LogP contribution is 2.43. The van der Waals surface area contributed by atoms with Crippen molar-refractivity contribution in [2.45, 2.75) is 13.1 Å². The molecule has 8 heteroatoms. The van der Waals surface area contributed by atoms with E-state index in [-0.39, 0.29) is 11.5 Å². The molecule has 2 aliphatic heterocycles. The molecule has 0 radical (unpaired) electrons. The van der Waals surface area contributed by atoms with Gasteiger partial charge >= 0.3 is 0 Å². The lowest BCUT2D eigenvalue weighted by Crippen LogP contribution is -2.31. The zero-order valence-electron chi connectivity index (χ0n) is 18.6. The molecule has 5 rings (SSSR count). The lowest BCUT2D eigenvalue weighted by Gasteiger charge is -2.30. The molecule has 0 aromatic heterocycles. The number of carbonyl (C=O) groups excluding carboxylic acids is 1. The summed E-state index contributed by atoms with van der Waals surface area (Å²) < 4.78 is 22.8. The highest BCUT2D eigenvalue weighted by molar-refractivity contribution is 6.35. The van der Waals surface area contributed by atoms with Gasteiger partial charge in [-0.25, -0.2) is 0 Å². The number of allylic oxidation sites excluding steroid dienone is 1. The lowest BCUT2D eigenvalue weighted by atomic mass is 10.0. The van der Waals surface area contributed by atoms with E-state index in [9.17, 15) is 4.79 Å². The van der Waals surface area contributed by atoms with Crippen LogP contribution < -0.4 is 18.9 Å². The average molecular weight is 498 g/mol. The van der Waals surface area contributed by atoms with Gasteiger partial charge in [0.05, 0.1) is 25.3 Å². The number of nitrogens with zero attached hydrogens (tertiary/aromatic N) is 1. The first kappa shape index (κ1) is 22.6. The molecule has 0 saturated heterocycles. The number of methoxy groups -OCH3 is 2. The van der Waals surface area contributed by atoms with E-state index < -0.39 is 0 Å². The number of carbonyl (C=O) groups is 1. The molecule has 3 aromatic rings. The van der Waals surface area contributed by atoms with Gasteiger partial charge < -0.3 is 18.9 Å². The Labute approximate surface area is 207 Å². The summed E-state index contributed by atoms with van der Waals surface area (Å²) in [5.41, 5.74) is 2.98. The summed E-state index contributed by atoms with van der Waals surface area (Å²) in [6, 6.07) is 14.4. The minimum absolute atomic E-state index is 0.187. The summed E-state index contributed by atoms with van der Waals surface area (Å²) in [6.45, 7) is 1.51. The topological polar surface area (TPSA) is 57.2 Å². The molecule has 0 saturated carbocycles. The first-order valence-electron chi connectivity index (χ1n) is 10.6. The summed E-state index contributed by atoms with van der Waals surface area (Å²) in [5, 5.41) is 1.19. The fourth-order valence-electron chi connectivity index (χ4n) is 4.08. The molecule has 2 aliphatic rings. The molecule has 34 heavy (non-hydrogen) atoms. The summed E-state index contributed by atoms with van der Waals surface area (Å²) in [7, 11) is 3.15. The second-order valence-corrected chi connectivity index (χ2v) is 8.81. The fraction of sp³-hybridized carbons (Fsp3) is 0.192. The maximum atomic E-state index is 13.1. The summed E-state index contributed by atoms with van der Waals surface area (Å²) >= 11 is 12.4. The second-order valence-electron chi connectivity index (χ2n) is 7.96. The van der Waals surface area contributed by atoms with Crippen LogP contribution in [0, 0.1) is 0 Å². The van der Waals surface area contributed by atoms with E-state index in [1.807, 2.05) is 24.3 Å². The molecule has 0 bridgehead atoms.